The van der Waals surface area contributed by atoms with E-state index in [-0.39, 0.29) is 0 Å². The second-order valence-corrected chi connectivity index (χ2v) is 4.81. The summed E-state index contributed by atoms with van der Waals surface area (Å²) in [6, 6.07) is 10.0. The van der Waals surface area contributed by atoms with Gasteiger partial charge in [-0.15, -0.1) is 11.3 Å². The maximum atomic E-state index is 4.33. The number of anilines is 2. The van der Waals surface area contributed by atoms with Gasteiger partial charge < -0.3 is 9.88 Å². The van der Waals surface area contributed by atoms with Crippen LogP contribution in [0.5, 0.6) is 0 Å². The van der Waals surface area contributed by atoms with Crippen LogP contribution in [0.3, 0.4) is 0 Å². The first-order valence-electron chi connectivity index (χ1n) is 5.62. The molecule has 3 aromatic rings. The first kappa shape index (κ1) is 11.0. The molecule has 90 valence electrons. The first-order valence-corrected chi connectivity index (χ1v) is 6.50. The Labute approximate surface area is 109 Å². The molecule has 0 amide bonds. The number of thiazole rings is 1. The van der Waals surface area contributed by atoms with Gasteiger partial charge in [0.25, 0.3) is 0 Å². The molecule has 0 unspecified atom stereocenters. The van der Waals surface area contributed by atoms with Crippen molar-refractivity contribution in [2.24, 2.45) is 0 Å². The molecule has 0 fully saturated rings. The highest BCUT2D eigenvalue weighted by molar-refractivity contribution is 7.09. The van der Waals surface area contributed by atoms with Gasteiger partial charge in [-0.3, -0.25) is 4.98 Å². The SMILES string of the molecule is c1ccc(Nc2nccn2Cc2cncs2)cc1. The summed E-state index contributed by atoms with van der Waals surface area (Å²) in [6.45, 7) is 0.792. The smallest absolute Gasteiger partial charge is 0.207 e. The number of nitrogens with zero attached hydrogens (tertiary/aromatic N) is 3. The van der Waals surface area contributed by atoms with Crippen molar-refractivity contribution in [2.45, 2.75) is 6.54 Å². The van der Waals surface area contributed by atoms with E-state index >= 15 is 0 Å². The molecule has 0 aliphatic heterocycles. The summed E-state index contributed by atoms with van der Waals surface area (Å²) < 4.78 is 2.07. The van der Waals surface area contributed by atoms with Gasteiger partial charge in [0.15, 0.2) is 0 Å². The number of hydrogen-bond donors (Lipinski definition) is 1. The standard InChI is InChI=1S/C13H12N4S/c1-2-4-11(5-3-1)16-13-15-6-7-17(13)9-12-8-14-10-18-12/h1-8,10H,9H2,(H,15,16). The number of imidazole rings is 1. The zero-order valence-corrected chi connectivity index (χ0v) is 10.5. The number of hydrogen-bond acceptors (Lipinski definition) is 4. The van der Waals surface area contributed by atoms with E-state index in [1.54, 1.807) is 17.5 Å². The fraction of sp³-hybridized carbons (Fsp3) is 0.0769. The Kier molecular flexibility index (Phi) is 3.06. The van der Waals surface area contributed by atoms with Gasteiger partial charge in [0.2, 0.25) is 5.95 Å². The van der Waals surface area contributed by atoms with Crippen LogP contribution in [0.25, 0.3) is 0 Å². The first-order chi connectivity index (χ1) is 8.92. The van der Waals surface area contributed by atoms with Crippen molar-refractivity contribution in [3.05, 3.63) is 59.3 Å². The highest BCUT2D eigenvalue weighted by Crippen LogP contribution is 2.16. The zero-order chi connectivity index (χ0) is 12.2. The summed E-state index contributed by atoms with van der Waals surface area (Å²) in [7, 11) is 0. The highest BCUT2D eigenvalue weighted by Gasteiger charge is 2.04. The van der Waals surface area contributed by atoms with E-state index in [1.165, 1.54) is 4.88 Å². The number of nitrogens with one attached hydrogen (secondary N) is 1. The fourth-order valence-electron chi connectivity index (χ4n) is 1.70. The van der Waals surface area contributed by atoms with Crippen LogP contribution in [0.15, 0.2) is 54.4 Å². The molecule has 1 aromatic carbocycles. The van der Waals surface area contributed by atoms with Gasteiger partial charge in [0.05, 0.1) is 12.1 Å². The van der Waals surface area contributed by atoms with E-state index in [9.17, 15) is 0 Å². The van der Waals surface area contributed by atoms with Crippen LogP contribution in [0.4, 0.5) is 11.6 Å². The molecule has 0 saturated carbocycles. The average molecular weight is 256 g/mol. The quantitative estimate of drug-likeness (QED) is 0.780. The Morgan fingerprint density at radius 1 is 1.22 bits per heavy atom. The summed E-state index contributed by atoms with van der Waals surface area (Å²) >= 11 is 1.65. The summed E-state index contributed by atoms with van der Waals surface area (Å²) in [5.41, 5.74) is 2.88. The summed E-state index contributed by atoms with van der Waals surface area (Å²) in [5.74, 6) is 0.842. The minimum absolute atomic E-state index is 0.792. The fourth-order valence-corrected chi connectivity index (χ4v) is 2.29. The Morgan fingerprint density at radius 2 is 2.11 bits per heavy atom. The molecule has 3 rings (SSSR count). The molecule has 5 heteroatoms. The van der Waals surface area contributed by atoms with Crippen LogP contribution in [-0.4, -0.2) is 14.5 Å². The van der Waals surface area contributed by atoms with Gasteiger partial charge in [0, 0.05) is 29.2 Å². The van der Waals surface area contributed by atoms with Gasteiger partial charge >= 0.3 is 0 Å². The third-order valence-corrected chi connectivity index (χ3v) is 3.32. The number of benzene rings is 1. The van der Waals surface area contributed by atoms with E-state index in [0.717, 1.165) is 18.2 Å². The van der Waals surface area contributed by atoms with E-state index in [2.05, 4.69) is 19.9 Å². The Hall–Kier alpha value is -2.14. The second kappa shape index (κ2) is 5.01. The van der Waals surface area contributed by atoms with Crippen molar-refractivity contribution in [1.29, 1.82) is 0 Å². The molecule has 0 atom stereocenters. The lowest BCUT2D eigenvalue weighted by molar-refractivity contribution is 0.818. The lowest BCUT2D eigenvalue weighted by Crippen LogP contribution is -2.03. The van der Waals surface area contributed by atoms with E-state index < -0.39 is 0 Å². The van der Waals surface area contributed by atoms with Crippen molar-refractivity contribution in [1.82, 2.24) is 14.5 Å². The highest BCUT2D eigenvalue weighted by atomic mass is 32.1. The van der Waals surface area contributed by atoms with Crippen LogP contribution in [-0.2, 0) is 6.54 Å². The minimum Gasteiger partial charge on any atom is -0.326 e. The maximum absolute atomic E-state index is 4.33. The van der Waals surface area contributed by atoms with Crippen molar-refractivity contribution in [3.63, 3.8) is 0 Å². The molecule has 1 N–H and O–H groups in total. The molecule has 4 nitrogen and oxygen atoms in total. The van der Waals surface area contributed by atoms with Crippen LogP contribution in [0, 0.1) is 0 Å². The average Bonchev–Trinajstić information content (AvgIpc) is 3.04. The monoisotopic (exact) mass is 256 g/mol. The molecule has 2 aromatic heterocycles. The van der Waals surface area contributed by atoms with Gasteiger partial charge in [-0.2, -0.15) is 0 Å². The third kappa shape index (κ3) is 2.41. The van der Waals surface area contributed by atoms with Gasteiger partial charge in [-0.25, -0.2) is 4.98 Å². The Bertz CT molecular complexity index is 601. The summed E-state index contributed by atoms with van der Waals surface area (Å²) in [4.78, 5) is 9.62. The van der Waals surface area contributed by atoms with Crippen LogP contribution in [0.1, 0.15) is 4.88 Å². The predicted molar refractivity (Wildman–Crippen MR) is 73.2 cm³/mol. The predicted octanol–water partition coefficient (Wildman–Crippen LogP) is 3.13. The van der Waals surface area contributed by atoms with Crippen molar-refractivity contribution < 1.29 is 0 Å². The molecule has 0 aliphatic rings. The molecule has 0 aliphatic carbocycles. The molecule has 2 heterocycles. The molecule has 18 heavy (non-hydrogen) atoms. The number of aromatic nitrogens is 3. The van der Waals surface area contributed by atoms with Crippen LogP contribution < -0.4 is 5.32 Å². The molecule has 0 spiro atoms. The largest absolute Gasteiger partial charge is 0.326 e. The Morgan fingerprint density at radius 3 is 2.89 bits per heavy atom. The van der Waals surface area contributed by atoms with Crippen molar-refractivity contribution >= 4 is 23.0 Å². The summed E-state index contributed by atoms with van der Waals surface area (Å²) in [6.07, 6.45) is 5.65. The normalized spacial score (nSPS) is 10.4. The number of rotatable bonds is 4. The topological polar surface area (TPSA) is 42.7 Å². The number of para-hydroxylation sites is 1. The maximum Gasteiger partial charge on any atom is 0.207 e. The van der Waals surface area contributed by atoms with E-state index in [1.807, 2.05) is 48.2 Å². The molecule has 0 radical (unpaired) electrons. The zero-order valence-electron chi connectivity index (χ0n) is 9.65. The van der Waals surface area contributed by atoms with Crippen LogP contribution >= 0.6 is 11.3 Å². The summed E-state index contributed by atoms with van der Waals surface area (Å²) in [5, 5.41) is 3.30. The molecular formula is C13H12N4S. The van der Waals surface area contributed by atoms with Crippen molar-refractivity contribution in [3.8, 4) is 0 Å². The van der Waals surface area contributed by atoms with Crippen molar-refractivity contribution in [2.75, 3.05) is 5.32 Å². The third-order valence-electron chi connectivity index (χ3n) is 2.56. The lowest BCUT2D eigenvalue weighted by Gasteiger charge is -2.08. The van der Waals surface area contributed by atoms with E-state index in [4.69, 9.17) is 0 Å². The lowest BCUT2D eigenvalue weighted by atomic mass is 10.3. The molecule has 0 bridgehead atoms. The molecular weight excluding hydrogens is 244 g/mol. The Balaban J connectivity index is 1.79. The van der Waals surface area contributed by atoms with Crippen LogP contribution in [0.2, 0.25) is 0 Å². The van der Waals surface area contributed by atoms with Gasteiger partial charge in [0.1, 0.15) is 0 Å². The molecule has 0 saturated heterocycles. The van der Waals surface area contributed by atoms with Gasteiger partial charge in [-0.05, 0) is 12.1 Å². The minimum atomic E-state index is 0.792. The van der Waals surface area contributed by atoms with Gasteiger partial charge in [-0.1, -0.05) is 18.2 Å². The van der Waals surface area contributed by atoms with E-state index in [0.29, 0.717) is 0 Å². The second-order valence-electron chi connectivity index (χ2n) is 3.84.